The standard InChI is InChI=1S/C18H19N3O2/c1-4-23-18(22)17-11(2)16(20-12(17)3)10-13-7-8-15(21-13)14-6-5-9-19-14/h5-10,19,21H,4H2,1-3H3/b16-10+. The summed E-state index contributed by atoms with van der Waals surface area (Å²) in [5.41, 5.74) is 5.86. The van der Waals surface area contributed by atoms with Gasteiger partial charge in [0.25, 0.3) is 0 Å². The summed E-state index contributed by atoms with van der Waals surface area (Å²) in [6.07, 6.45) is 3.83. The molecule has 118 valence electrons. The topological polar surface area (TPSA) is 70.2 Å². The van der Waals surface area contributed by atoms with Gasteiger partial charge in [0.1, 0.15) is 0 Å². The van der Waals surface area contributed by atoms with Crippen LogP contribution in [0.2, 0.25) is 0 Å². The van der Waals surface area contributed by atoms with E-state index in [1.54, 1.807) is 6.92 Å². The molecule has 23 heavy (non-hydrogen) atoms. The van der Waals surface area contributed by atoms with E-state index in [2.05, 4.69) is 15.0 Å². The minimum atomic E-state index is -0.312. The SMILES string of the molecule is CCOC(=O)C1=C(C)/C(=C\c2ccc(-c3ccc[nH]3)[nH]2)N=C1C. The lowest BCUT2D eigenvalue weighted by Gasteiger charge is -2.03. The van der Waals surface area contributed by atoms with E-state index in [1.807, 2.05) is 50.4 Å². The minimum Gasteiger partial charge on any atom is -0.462 e. The Morgan fingerprint density at radius 1 is 1.26 bits per heavy atom. The van der Waals surface area contributed by atoms with Crippen molar-refractivity contribution in [2.24, 2.45) is 4.99 Å². The second-order valence-electron chi connectivity index (χ2n) is 5.36. The molecule has 3 rings (SSSR count). The number of carbonyl (C=O) groups excluding carboxylic acids is 1. The predicted octanol–water partition coefficient (Wildman–Crippen LogP) is 3.70. The molecule has 3 heterocycles. The number of hydrogen-bond donors (Lipinski definition) is 2. The molecular weight excluding hydrogens is 290 g/mol. The number of aromatic nitrogens is 2. The van der Waals surface area contributed by atoms with Gasteiger partial charge < -0.3 is 14.7 Å². The van der Waals surface area contributed by atoms with Crippen molar-refractivity contribution in [1.82, 2.24) is 9.97 Å². The lowest BCUT2D eigenvalue weighted by Crippen LogP contribution is -2.12. The largest absolute Gasteiger partial charge is 0.462 e. The molecule has 1 aliphatic rings. The average Bonchev–Trinajstić information content (AvgIpc) is 3.21. The first-order chi connectivity index (χ1) is 11.1. The number of hydrogen-bond acceptors (Lipinski definition) is 3. The fourth-order valence-corrected chi connectivity index (χ4v) is 2.66. The summed E-state index contributed by atoms with van der Waals surface area (Å²) >= 11 is 0. The van der Waals surface area contributed by atoms with Crippen LogP contribution in [0.5, 0.6) is 0 Å². The first-order valence-electron chi connectivity index (χ1n) is 7.58. The number of H-pyrrole nitrogens is 2. The molecule has 5 nitrogen and oxygen atoms in total. The van der Waals surface area contributed by atoms with Gasteiger partial charge in [-0.3, -0.25) is 4.99 Å². The van der Waals surface area contributed by atoms with E-state index in [0.29, 0.717) is 17.9 Å². The Morgan fingerprint density at radius 2 is 2.09 bits per heavy atom. The van der Waals surface area contributed by atoms with E-state index in [-0.39, 0.29) is 5.97 Å². The number of nitrogens with one attached hydrogen (secondary N) is 2. The molecule has 0 spiro atoms. The number of esters is 1. The van der Waals surface area contributed by atoms with Crippen LogP contribution in [-0.4, -0.2) is 28.3 Å². The van der Waals surface area contributed by atoms with Gasteiger partial charge in [0, 0.05) is 11.9 Å². The molecule has 5 heteroatoms. The lowest BCUT2D eigenvalue weighted by molar-refractivity contribution is -0.137. The van der Waals surface area contributed by atoms with Gasteiger partial charge in [0.2, 0.25) is 0 Å². The van der Waals surface area contributed by atoms with Crippen molar-refractivity contribution in [3.63, 3.8) is 0 Å². The summed E-state index contributed by atoms with van der Waals surface area (Å²) in [5, 5.41) is 0. The normalized spacial score (nSPS) is 16.1. The van der Waals surface area contributed by atoms with Gasteiger partial charge in [-0.2, -0.15) is 0 Å². The number of nitrogens with zero attached hydrogens (tertiary/aromatic N) is 1. The average molecular weight is 309 g/mol. The zero-order valence-electron chi connectivity index (χ0n) is 13.4. The number of rotatable bonds is 4. The van der Waals surface area contributed by atoms with E-state index >= 15 is 0 Å². The van der Waals surface area contributed by atoms with Crippen molar-refractivity contribution in [3.05, 3.63) is 53.0 Å². The summed E-state index contributed by atoms with van der Waals surface area (Å²) in [6.45, 7) is 5.88. The van der Waals surface area contributed by atoms with E-state index in [9.17, 15) is 4.79 Å². The third-order valence-electron chi connectivity index (χ3n) is 3.78. The van der Waals surface area contributed by atoms with Crippen molar-refractivity contribution < 1.29 is 9.53 Å². The summed E-state index contributed by atoms with van der Waals surface area (Å²) in [5.74, 6) is -0.312. The van der Waals surface area contributed by atoms with Crippen LogP contribution < -0.4 is 0 Å². The van der Waals surface area contributed by atoms with Gasteiger partial charge in [-0.05, 0) is 56.7 Å². The molecule has 0 unspecified atom stereocenters. The van der Waals surface area contributed by atoms with Crippen LogP contribution in [-0.2, 0) is 9.53 Å². The van der Waals surface area contributed by atoms with Crippen molar-refractivity contribution in [3.8, 4) is 11.4 Å². The third kappa shape index (κ3) is 2.90. The Balaban J connectivity index is 1.90. The molecule has 2 N–H and O–H groups in total. The van der Waals surface area contributed by atoms with Crippen molar-refractivity contribution in [1.29, 1.82) is 0 Å². The van der Waals surface area contributed by atoms with E-state index in [4.69, 9.17) is 4.74 Å². The van der Waals surface area contributed by atoms with Crippen molar-refractivity contribution >= 4 is 17.8 Å². The van der Waals surface area contributed by atoms with Crippen LogP contribution in [0.1, 0.15) is 26.5 Å². The van der Waals surface area contributed by atoms with Crippen LogP contribution in [0, 0.1) is 0 Å². The molecule has 0 amide bonds. The highest BCUT2D eigenvalue weighted by Gasteiger charge is 2.24. The Hall–Kier alpha value is -2.82. The molecule has 0 aliphatic carbocycles. The molecule has 2 aromatic rings. The van der Waals surface area contributed by atoms with Gasteiger partial charge in [0.05, 0.1) is 35.0 Å². The molecule has 0 bridgehead atoms. The molecule has 1 aliphatic heterocycles. The van der Waals surface area contributed by atoms with Crippen LogP contribution in [0.4, 0.5) is 0 Å². The van der Waals surface area contributed by atoms with Gasteiger partial charge in [0.15, 0.2) is 0 Å². The number of ether oxygens (including phenoxy) is 1. The van der Waals surface area contributed by atoms with Crippen LogP contribution >= 0.6 is 0 Å². The van der Waals surface area contributed by atoms with Gasteiger partial charge in [-0.1, -0.05) is 0 Å². The van der Waals surface area contributed by atoms with E-state index in [0.717, 1.165) is 28.4 Å². The van der Waals surface area contributed by atoms with Crippen LogP contribution in [0.3, 0.4) is 0 Å². The zero-order chi connectivity index (χ0) is 16.4. The number of aromatic amines is 2. The van der Waals surface area contributed by atoms with Crippen LogP contribution in [0.15, 0.2) is 52.3 Å². The Bertz CT molecular complexity index is 820. The maximum Gasteiger partial charge on any atom is 0.340 e. The maximum absolute atomic E-state index is 12.0. The van der Waals surface area contributed by atoms with E-state index in [1.165, 1.54) is 0 Å². The Labute approximate surface area is 134 Å². The number of allylic oxidation sites excluding steroid dienone is 1. The first-order valence-corrected chi connectivity index (χ1v) is 7.58. The molecule has 0 saturated carbocycles. The second-order valence-corrected chi connectivity index (χ2v) is 5.36. The fraction of sp³-hybridized carbons (Fsp3) is 0.222. The Kier molecular flexibility index (Phi) is 4.02. The quantitative estimate of drug-likeness (QED) is 0.845. The monoisotopic (exact) mass is 309 g/mol. The third-order valence-corrected chi connectivity index (χ3v) is 3.78. The summed E-state index contributed by atoms with van der Waals surface area (Å²) in [6, 6.07) is 7.96. The van der Waals surface area contributed by atoms with E-state index < -0.39 is 0 Å². The van der Waals surface area contributed by atoms with Gasteiger partial charge >= 0.3 is 5.97 Å². The van der Waals surface area contributed by atoms with Crippen molar-refractivity contribution in [2.45, 2.75) is 20.8 Å². The smallest absolute Gasteiger partial charge is 0.340 e. The number of aliphatic imine (C=N–C) groups is 1. The second kappa shape index (κ2) is 6.12. The highest BCUT2D eigenvalue weighted by Crippen LogP contribution is 2.28. The van der Waals surface area contributed by atoms with Gasteiger partial charge in [-0.25, -0.2) is 4.79 Å². The number of carbonyl (C=O) groups is 1. The highest BCUT2D eigenvalue weighted by molar-refractivity contribution is 6.22. The zero-order valence-corrected chi connectivity index (χ0v) is 13.4. The molecule has 0 aromatic carbocycles. The predicted molar refractivity (Wildman–Crippen MR) is 91.0 cm³/mol. The summed E-state index contributed by atoms with van der Waals surface area (Å²) in [4.78, 5) is 23.0. The fourth-order valence-electron chi connectivity index (χ4n) is 2.66. The van der Waals surface area contributed by atoms with Gasteiger partial charge in [-0.15, -0.1) is 0 Å². The van der Waals surface area contributed by atoms with Crippen molar-refractivity contribution in [2.75, 3.05) is 6.61 Å². The molecule has 0 atom stereocenters. The molecule has 0 fully saturated rings. The molecule has 0 saturated heterocycles. The van der Waals surface area contributed by atoms with Crippen LogP contribution in [0.25, 0.3) is 17.5 Å². The molecular formula is C18H19N3O2. The Morgan fingerprint density at radius 3 is 2.78 bits per heavy atom. The maximum atomic E-state index is 12.0. The summed E-state index contributed by atoms with van der Waals surface area (Å²) in [7, 11) is 0. The first kappa shape index (κ1) is 15.1. The minimum absolute atomic E-state index is 0.312. The molecule has 2 aromatic heterocycles. The lowest BCUT2D eigenvalue weighted by atomic mass is 10.1. The molecule has 0 radical (unpaired) electrons. The summed E-state index contributed by atoms with van der Waals surface area (Å²) < 4.78 is 5.10. The highest BCUT2D eigenvalue weighted by atomic mass is 16.5.